The van der Waals surface area contributed by atoms with E-state index in [0.717, 1.165) is 5.06 Å². The highest BCUT2D eigenvalue weighted by Crippen LogP contribution is 2.26. The van der Waals surface area contributed by atoms with E-state index in [1.807, 2.05) is 18.2 Å². The molecule has 1 aliphatic rings. The highest BCUT2D eigenvalue weighted by Gasteiger charge is 2.24. The van der Waals surface area contributed by atoms with Crippen molar-refractivity contribution in [3.63, 3.8) is 0 Å². The molecule has 0 spiro atoms. The first-order chi connectivity index (χ1) is 12.1. The van der Waals surface area contributed by atoms with E-state index in [0.29, 0.717) is 34.3 Å². The van der Waals surface area contributed by atoms with Gasteiger partial charge in [-0.25, -0.2) is 4.39 Å². The molecule has 4 rings (SSSR count). The molecule has 25 heavy (non-hydrogen) atoms. The van der Waals surface area contributed by atoms with Gasteiger partial charge in [-0.3, -0.25) is 14.5 Å². The van der Waals surface area contributed by atoms with Gasteiger partial charge in [-0.2, -0.15) is 5.06 Å². The Morgan fingerprint density at radius 3 is 2.88 bits per heavy atom. The number of fused-ring (bicyclic) bond motifs is 3. The number of aliphatic imine (C=N–C) groups is 1. The molecular formula is C17H15FN6O. The molecule has 7 nitrogen and oxygen atoms in total. The smallest absolute Gasteiger partial charge is 0.159 e. The van der Waals surface area contributed by atoms with Crippen LogP contribution in [0.2, 0.25) is 0 Å². The standard InChI is InChI=1S/C17H15FN6O/c1-23(25)10-16-22-21-15-9-20-17(13-4-2-3-7-19-13)12-8-11(18)5-6-14(12)24(15)16/h2-8,25H,9-10H2,1H3. The van der Waals surface area contributed by atoms with Crippen molar-refractivity contribution in [2.75, 3.05) is 7.05 Å². The fourth-order valence-corrected chi connectivity index (χ4v) is 2.89. The Balaban J connectivity index is 1.94. The van der Waals surface area contributed by atoms with Crippen molar-refractivity contribution in [2.24, 2.45) is 4.99 Å². The second-order valence-electron chi connectivity index (χ2n) is 5.72. The zero-order chi connectivity index (χ0) is 17.4. The highest BCUT2D eigenvalue weighted by atomic mass is 19.1. The summed E-state index contributed by atoms with van der Waals surface area (Å²) in [7, 11) is 1.53. The molecule has 0 saturated heterocycles. The average Bonchev–Trinajstić information content (AvgIpc) is 2.90. The number of hydroxylamine groups is 2. The third kappa shape index (κ3) is 2.81. The summed E-state index contributed by atoms with van der Waals surface area (Å²) < 4.78 is 15.8. The third-order valence-corrected chi connectivity index (χ3v) is 3.91. The minimum atomic E-state index is -0.361. The average molecular weight is 338 g/mol. The highest BCUT2D eigenvalue weighted by molar-refractivity contribution is 6.14. The van der Waals surface area contributed by atoms with Crippen molar-refractivity contribution in [3.8, 4) is 5.69 Å². The molecule has 0 radical (unpaired) electrons. The SMILES string of the molecule is CN(O)Cc1nnc2n1-c1ccc(F)cc1C(c1ccccn1)=NC2. The summed E-state index contributed by atoms with van der Waals surface area (Å²) in [5.41, 5.74) is 2.58. The van der Waals surface area contributed by atoms with Crippen molar-refractivity contribution in [2.45, 2.75) is 13.1 Å². The van der Waals surface area contributed by atoms with Crippen LogP contribution >= 0.6 is 0 Å². The Bertz CT molecular complexity index is 951. The van der Waals surface area contributed by atoms with Gasteiger partial charge < -0.3 is 5.21 Å². The lowest BCUT2D eigenvalue weighted by molar-refractivity contribution is -0.0754. The summed E-state index contributed by atoms with van der Waals surface area (Å²) in [4.78, 5) is 8.94. The van der Waals surface area contributed by atoms with Crippen LogP contribution in [0.25, 0.3) is 5.69 Å². The van der Waals surface area contributed by atoms with Crippen LogP contribution in [0.1, 0.15) is 22.9 Å². The zero-order valence-corrected chi connectivity index (χ0v) is 13.5. The lowest BCUT2D eigenvalue weighted by atomic mass is 10.0. The van der Waals surface area contributed by atoms with Gasteiger partial charge in [-0.15, -0.1) is 10.2 Å². The van der Waals surface area contributed by atoms with Crippen LogP contribution in [0.15, 0.2) is 47.6 Å². The molecule has 0 saturated carbocycles. The molecule has 0 bridgehead atoms. The number of benzene rings is 1. The molecule has 1 aliphatic heterocycles. The molecule has 0 atom stereocenters. The summed E-state index contributed by atoms with van der Waals surface area (Å²) in [6.07, 6.45) is 1.67. The Kier molecular flexibility index (Phi) is 3.83. The Morgan fingerprint density at radius 2 is 2.12 bits per heavy atom. The number of hydrogen-bond donors (Lipinski definition) is 1. The van der Waals surface area contributed by atoms with Crippen LogP contribution in [0, 0.1) is 5.82 Å². The second-order valence-corrected chi connectivity index (χ2v) is 5.72. The van der Waals surface area contributed by atoms with Crippen LogP contribution in [0.3, 0.4) is 0 Å². The molecule has 3 aromatic rings. The van der Waals surface area contributed by atoms with Crippen LogP contribution in [0.4, 0.5) is 4.39 Å². The van der Waals surface area contributed by atoms with Crippen LogP contribution in [0.5, 0.6) is 0 Å². The van der Waals surface area contributed by atoms with Gasteiger partial charge in [0.15, 0.2) is 11.6 Å². The van der Waals surface area contributed by atoms with Crippen LogP contribution < -0.4 is 0 Å². The summed E-state index contributed by atoms with van der Waals surface area (Å²) >= 11 is 0. The van der Waals surface area contributed by atoms with E-state index in [4.69, 9.17) is 0 Å². The maximum atomic E-state index is 14.0. The summed E-state index contributed by atoms with van der Waals surface area (Å²) in [6.45, 7) is 0.465. The Hall–Kier alpha value is -2.97. The van der Waals surface area contributed by atoms with E-state index < -0.39 is 0 Å². The first-order valence-corrected chi connectivity index (χ1v) is 7.73. The molecule has 0 aliphatic carbocycles. The molecule has 0 amide bonds. The number of hydrogen-bond acceptors (Lipinski definition) is 6. The third-order valence-electron chi connectivity index (χ3n) is 3.91. The van der Waals surface area contributed by atoms with Gasteiger partial charge in [0.25, 0.3) is 0 Å². The lowest BCUT2D eigenvalue weighted by Crippen LogP contribution is -2.17. The maximum absolute atomic E-state index is 14.0. The molecule has 2 aromatic heterocycles. The summed E-state index contributed by atoms with van der Waals surface area (Å²) in [5.74, 6) is 0.806. The van der Waals surface area contributed by atoms with Gasteiger partial charge in [-0.1, -0.05) is 6.07 Å². The van der Waals surface area contributed by atoms with Crippen molar-refractivity contribution in [1.29, 1.82) is 0 Å². The maximum Gasteiger partial charge on any atom is 0.159 e. The molecule has 0 unspecified atom stereocenters. The zero-order valence-electron chi connectivity index (χ0n) is 13.5. The lowest BCUT2D eigenvalue weighted by Gasteiger charge is -2.14. The van der Waals surface area contributed by atoms with Gasteiger partial charge >= 0.3 is 0 Å². The Labute approximate surface area is 143 Å². The number of aromatic nitrogens is 4. The van der Waals surface area contributed by atoms with Crippen molar-refractivity contribution in [3.05, 3.63) is 71.3 Å². The van der Waals surface area contributed by atoms with E-state index in [1.165, 1.54) is 19.2 Å². The van der Waals surface area contributed by atoms with E-state index in [-0.39, 0.29) is 18.9 Å². The normalized spacial score (nSPS) is 13.2. The van der Waals surface area contributed by atoms with Gasteiger partial charge in [-0.05, 0) is 30.3 Å². The van der Waals surface area contributed by atoms with Gasteiger partial charge in [0.05, 0.1) is 23.6 Å². The number of nitrogens with zero attached hydrogens (tertiary/aromatic N) is 6. The van der Waals surface area contributed by atoms with E-state index in [2.05, 4.69) is 20.2 Å². The minimum Gasteiger partial charge on any atom is -0.314 e. The quantitative estimate of drug-likeness (QED) is 0.739. The number of pyridine rings is 1. The predicted molar refractivity (Wildman–Crippen MR) is 88.2 cm³/mol. The molecule has 0 fully saturated rings. The van der Waals surface area contributed by atoms with E-state index >= 15 is 0 Å². The molecular weight excluding hydrogens is 323 g/mol. The van der Waals surface area contributed by atoms with Gasteiger partial charge in [0.2, 0.25) is 0 Å². The van der Waals surface area contributed by atoms with E-state index in [1.54, 1.807) is 16.8 Å². The predicted octanol–water partition coefficient (Wildman–Crippen LogP) is 1.97. The number of rotatable bonds is 3. The van der Waals surface area contributed by atoms with Gasteiger partial charge in [0, 0.05) is 18.8 Å². The van der Waals surface area contributed by atoms with Crippen LogP contribution in [-0.2, 0) is 13.1 Å². The second kappa shape index (κ2) is 6.15. The molecule has 1 aromatic carbocycles. The fraction of sp³-hybridized carbons (Fsp3) is 0.176. The topological polar surface area (TPSA) is 79.4 Å². The summed E-state index contributed by atoms with van der Waals surface area (Å²) in [5, 5.41) is 18.9. The van der Waals surface area contributed by atoms with Crippen LogP contribution in [-0.4, -0.2) is 42.8 Å². The number of halogens is 1. The van der Waals surface area contributed by atoms with Crippen molar-refractivity contribution >= 4 is 5.71 Å². The molecule has 8 heteroatoms. The minimum absolute atomic E-state index is 0.183. The Morgan fingerprint density at radius 1 is 1.24 bits per heavy atom. The van der Waals surface area contributed by atoms with E-state index in [9.17, 15) is 9.60 Å². The molecule has 1 N–H and O–H groups in total. The van der Waals surface area contributed by atoms with Crippen molar-refractivity contribution in [1.82, 2.24) is 24.8 Å². The molecule has 3 heterocycles. The summed E-state index contributed by atoms with van der Waals surface area (Å²) in [6, 6.07) is 10.0. The van der Waals surface area contributed by atoms with Gasteiger partial charge in [0.1, 0.15) is 12.4 Å². The largest absolute Gasteiger partial charge is 0.314 e. The first kappa shape index (κ1) is 15.6. The molecule has 126 valence electrons. The monoisotopic (exact) mass is 338 g/mol. The first-order valence-electron chi connectivity index (χ1n) is 7.73. The fourth-order valence-electron chi connectivity index (χ4n) is 2.89. The van der Waals surface area contributed by atoms with Crippen molar-refractivity contribution < 1.29 is 9.60 Å².